The highest BCUT2D eigenvalue weighted by Crippen LogP contribution is 2.37. The topological polar surface area (TPSA) is 47.0 Å². The standard InChI is InChI=1S/C21H14ClNO2S/c22-16-11-12-19-18(13-16)21(15-7-3-1-4-8-15)20(14-23-19)26(24,25)17-9-5-2-6-10-17/h1-14H. The van der Waals surface area contributed by atoms with E-state index in [0.29, 0.717) is 21.5 Å². The number of fused-ring (bicyclic) bond motifs is 1. The van der Waals surface area contributed by atoms with Gasteiger partial charge in [-0.1, -0.05) is 60.1 Å². The second-order valence-corrected chi connectivity index (χ2v) is 8.20. The summed E-state index contributed by atoms with van der Waals surface area (Å²) in [5, 5.41) is 1.24. The third-order valence-electron chi connectivity index (χ3n) is 4.20. The lowest BCUT2D eigenvalue weighted by Crippen LogP contribution is -2.05. The van der Waals surface area contributed by atoms with Gasteiger partial charge >= 0.3 is 0 Å². The number of hydrogen-bond donors (Lipinski definition) is 0. The zero-order valence-corrected chi connectivity index (χ0v) is 15.2. The second-order valence-electron chi connectivity index (χ2n) is 5.84. The Bertz CT molecular complexity index is 1190. The lowest BCUT2D eigenvalue weighted by molar-refractivity contribution is 0.596. The Morgan fingerprint density at radius 2 is 1.46 bits per heavy atom. The van der Waals surface area contributed by atoms with E-state index in [1.165, 1.54) is 6.20 Å². The molecule has 0 spiro atoms. The average molecular weight is 380 g/mol. The summed E-state index contributed by atoms with van der Waals surface area (Å²) >= 11 is 6.18. The number of rotatable bonds is 3. The maximum absolute atomic E-state index is 13.3. The van der Waals surface area contributed by atoms with Crippen molar-refractivity contribution in [3.63, 3.8) is 0 Å². The van der Waals surface area contributed by atoms with Gasteiger partial charge < -0.3 is 0 Å². The van der Waals surface area contributed by atoms with Crippen LogP contribution in [-0.2, 0) is 9.84 Å². The van der Waals surface area contributed by atoms with E-state index in [2.05, 4.69) is 4.98 Å². The summed E-state index contributed by atoms with van der Waals surface area (Å²) in [7, 11) is -3.73. The van der Waals surface area contributed by atoms with Gasteiger partial charge in [-0.05, 0) is 35.9 Å². The third kappa shape index (κ3) is 2.87. The van der Waals surface area contributed by atoms with Gasteiger partial charge in [0.15, 0.2) is 0 Å². The lowest BCUT2D eigenvalue weighted by atomic mass is 10.0. The smallest absolute Gasteiger partial charge is 0.208 e. The Morgan fingerprint density at radius 3 is 2.15 bits per heavy atom. The maximum Gasteiger partial charge on any atom is 0.208 e. The van der Waals surface area contributed by atoms with E-state index in [-0.39, 0.29) is 9.79 Å². The van der Waals surface area contributed by atoms with Crippen molar-refractivity contribution < 1.29 is 8.42 Å². The van der Waals surface area contributed by atoms with Gasteiger partial charge in [0.1, 0.15) is 0 Å². The second kappa shape index (κ2) is 6.56. The van der Waals surface area contributed by atoms with Gasteiger partial charge in [-0.3, -0.25) is 4.98 Å². The van der Waals surface area contributed by atoms with Crippen LogP contribution in [0.2, 0.25) is 5.02 Å². The van der Waals surface area contributed by atoms with Crippen LogP contribution < -0.4 is 0 Å². The van der Waals surface area contributed by atoms with Crippen molar-refractivity contribution in [2.24, 2.45) is 0 Å². The van der Waals surface area contributed by atoms with Gasteiger partial charge in [0.25, 0.3) is 0 Å². The summed E-state index contributed by atoms with van der Waals surface area (Å²) in [6.07, 6.45) is 1.43. The quantitative estimate of drug-likeness (QED) is 0.479. The van der Waals surface area contributed by atoms with Gasteiger partial charge in [-0.2, -0.15) is 0 Å². The summed E-state index contributed by atoms with van der Waals surface area (Å²) in [6, 6.07) is 23.1. The van der Waals surface area contributed by atoms with E-state index >= 15 is 0 Å². The minimum Gasteiger partial charge on any atom is -0.255 e. The normalized spacial score (nSPS) is 11.6. The number of pyridine rings is 1. The largest absolute Gasteiger partial charge is 0.255 e. The molecular formula is C21H14ClNO2S. The number of halogens is 1. The number of aromatic nitrogens is 1. The van der Waals surface area contributed by atoms with Crippen molar-refractivity contribution in [3.8, 4) is 11.1 Å². The van der Waals surface area contributed by atoms with Gasteiger partial charge in [0, 0.05) is 22.2 Å². The molecule has 1 aromatic heterocycles. The number of nitrogens with zero attached hydrogens (tertiary/aromatic N) is 1. The van der Waals surface area contributed by atoms with E-state index < -0.39 is 9.84 Å². The summed E-state index contributed by atoms with van der Waals surface area (Å²) in [6.45, 7) is 0. The highest BCUT2D eigenvalue weighted by atomic mass is 35.5. The third-order valence-corrected chi connectivity index (χ3v) is 6.22. The first kappa shape index (κ1) is 16.8. The van der Waals surface area contributed by atoms with Crippen LogP contribution in [0.5, 0.6) is 0 Å². The van der Waals surface area contributed by atoms with E-state index in [1.54, 1.807) is 48.5 Å². The van der Waals surface area contributed by atoms with Gasteiger partial charge in [-0.15, -0.1) is 0 Å². The number of sulfone groups is 1. The molecule has 0 unspecified atom stereocenters. The Morgan fingerprint density at radius 1 is 0.808 bits per heavy atom. The molecule has 0 radical (unpaired) electrons. The van der Waals surface area contributed by atoms with Gasteiger partial charge in [0.2, 0.25) is 9.84 Å². The zero-order chi connectivity index (χ0) is 18.1. The molecule has 0 N–H and O–H groups in total. The van der Waals surface area contributed by atoms with Crippen LogP contribution in [-0.4, -0.2) is 13.4 Å². The van der Waals surface area contributed by atoms with Crippen LogP contribution in [0.15, 0.2) is 94.9 Å². The predicted molar refractivity (Wildman–Crippen MR) is 104 cm³/mol. The van der Waals surface area contributed by atoms with Crippen molar-refractivity contribution in [2.75, 3.05) is 0 Å². The Hall–Kier alpha value is -2.69. The molecule has 0 saturated heterocycles. The first-order valence-corrected chi connectivity index (χ1v) is 9.87. The molecule has 4 aromatic rings. The van der Waals surface area contributed by atoms with Crippen molar-refractivity contribution in [1.29, 1.82) is 0 Å². The van der Waals surface area contributed by atoms with Crippen molar-refractivity contribution >= 4 is 32.3 Å². The first-order chi connectivity index (χ1) is 12.6. The summed E-state index contributed by atoms with van der Waals surface area (Å²) in [5.74, 6) is 0. The fraction of sp³-hybridized carbons (Fsp3) is 0. The fourth-order valence-electron chi connectivity index (χ4n) is 2.98. The van der Waals surface area contributed by atoms with E-state index in [1.807, 2.05) is 30.3 Å². The van der Waals surface area contributed by atoms with Gasteiger partial charge in [-0.25, -0.2) is 8.42 Å². The Balaban J connectivity index is 2.11. The Labute approximate surface area is 156 Å². The molecule has 0 atom stereocenters. The van der Waals surface area contributed by atoms with Crippen molar-refractivity contribution in [1.82, 2.24) is 4.98 Å². The molecule has 0 fully saturated rings. The highest BCUT2D eigenvalue weighted by molar-refractivity contribution is 7.91. The van der Waals surface area contributed by atoms with Crippen LogP contribution in [0.25, 0.3) is 22.0 Å². The fourth-order valence-corrected chi connectivity index (χ4v) is 4.61. The zero-order valence-electron chi connectivity index (χ0n) is 13.6. The number of hydrogen-bond acceptors (Lipinski definition) is 3. The average Bonchev–Trinajstić information content (AvgIpc) is 2.68. The highest BCUT2D eigenvalue weighted by Gasteiger charge is 2.24. The van der Waals surface area contributed by atoms with Crippen LogP contribution in [0.1, 0.15) is 0 Å². The van der Waals surface area contributed by atoms with Crippen molar-refractivity contribution in [3.05, 3.63) is 90.1 Å². The molecule has 0 bridgehead atoms. The minimum absolute atomic E-state index is 0.171. The molecule has 5 heteroatoms. The first-order valence-electron chi connectivity index (χ1n) is 8.01. The molecule has 1 heterocycles. The van der Waals surface area contributed by atoms with Crippen LogP contribution in [0.3, 0.4) is 0 Å². The molecule has 0 aliphatic carbocycles. The summed E-state index contributed by atoms with van der Waals surface area (Å²) < 4.78 is 26.6. The molecule has 0 amide bonds. The van der Waals surface area contributed by atoms with Crippen LogP contribution in [0, 0.1) is 0 Å². The SMILES string of the molecule is O=S(=O)(c1ccccc1)c1cnc2ccc(Cl)cc2c1-c1ccccc1. The van der Waals surface area contributed by atoms with E-state index in [0.717, 1.165) is 5.56 Å². The van der Waals surface area contributed by atoms with E-state index in [9.17, 15) is 8.42 Å². The molecular weight excluding hydrogens is 366 g/mol. The molecule has 3 nitrogen and oxygen atoms in total. The van der Waals surface area contributed by atoms with Crippen LogP contribution in [0.4, 0.5) is 0 Å². The monoisotopic (exact) mass is 379 g/mol. The molecule has 0 aliphatic rings. The Kier molecular flexibility index (Phi) is 4.23. The van der Waals surface area contributed by atoms with E-state index in [4.69, 9.17) is 11.6 Å². The molecule has 0 aliphatic heterocycles. The molecule has 4 rings (SSSR count). The molecule has 26 heavy (non-hydrogen) atoms. The summed E-state index contributed by atoms with van der Waals surface area (Å²) in [4.78, 5) is 4.77. The molecule has 128 valence electrons. The minimum atomic E-state index is -3.73. The maximum atomic E-state index is 13.3. The summed E-state index contributed by atoms with van der Waals surface area (Å²) in [5.41, 5.74) is 2.11. The molecule has 0 saturated carbocycles. The number of benzene rings is 3. The predicted octanol–water partition coefficient (Wildman–Crippen LogP) is 5.39. The molecule has 3 aromatic carbocycles. The van der Waals surface area contributed by atoms with Gasteiger partial charge in [0.05, 0.1) is 15.3 Å². The van der Waals surface area contributed by atoms with Crippen LogP contribution >= 0.6 is 11.6 Å². The van der Waals surface area contributed by atoms with Crippen molar-refractivity contribution in [2.45, 2.75) is 9.79 Å². The lowest BCUT2D eigenvalue weighted by Gasteiger charge is -2.14.